The highest BCUT2D eigenvalue weighted by Gasteiger charge is 2.19. The lowest BCUT2D eigenvalue weighted by Gasteiger charge is -2.26. The summed E-state index contributed by atoms with van der Waals surface area (Å²) in [5, 5.41) is 8.02. The summed E-state index contributed by atoms with van der Waals surface area (Å²) in [6.07, 6.45) is 7.19. The van der Waals surface area contributed by atoms with Crippen molar-refractivity contribution in [3.63, 3.8) is 0 Å². The molecule has 38 heavy (non-hydrogen) atoms. The molecule has 5 aromatic rings. The Bertz CT molecular complexity index is 1540. The van der Waals surface area contributed by atoms with Gasteiger partial charge in [0, 0.05) is 24.8 Å². The lowest BCUT2D eigenvalue weighted by Crippen LogP contribution is -2.29. The Balaban J connectivity index is 1.55. The molecule has 0 radical (unpaired) electrons. The van der Waals surface area contributed by atoms with Gasteiger partial charge in [0.1, 0.15) is 11.6 Å². The second-order valence-electron chi connectivity index (χ2n) is 9.43. The van der Waals surface area contributed by atoms with Crippen molar-refractivity contribution in [3.8, 4) is 11.3 Å². The van der Waals surface area contributed by atoms with E-state index in [0.717, 1.165) is 30.8 Å². The number of anilines is 2. The zero-order valence-electron chi connectivity index (χ0n) is 21.1. The van der Waals surface area contributed by atoms with Gasteiger partial charge in [-0.3, -0.25) is 4.40 Å². The van der Waals surface area contributed by atoms with Crippen LogP contribution < -0.4 is 10.2 Å². The predicted octanol–water partition coefficient (Wildman–Crippen LogP) is 6.66. The number of imidazole rings is 2. The molecule has 0 unspecified atom stereocenters. The van der Waals surface area contributed by atoms with Crippen molar-refractivity contribution in [1.82, 2.24) is 34.1 Å². The Morgan fingerprint density at radius 1 is 1.11 bits per heavy atom. The largest absolute Gasteiger partial charge is 0.360 e. The molecule has 5 rings (SSSR count). The van der Waals surface area contributed by atoms with Crippen molar-refractivity contribution in [2.45, 2.75) is 40.3 Å². The van der Waals surface area contributed by atoms with E-state index in [0.29, 0.717) is 61.3 Å². The molecule has 4 heterocycles. The van der Waals surface area contributed by atoms with E-state index in [2.05, 4.69) is 51.0 Å². The van der Waals surface area contributed by atoms with Crippen LogP contribution in [0.5, 0.6) is 0 Å². The standard InChI is InChI=1S/C25H27Cl2F2N9/c1-4-5-36(11-14(2)3)22-13-37-20(15-8-32-38(12-15)25(28)29)9-31-24(37)23(35-22)30-10-21-33-18-6-16(26)17(27)7-19(18)34-21/h6-9,12-14,25H,4-5,10-11H2,1-3H3,(H,30,35)(H,33,34). The Morgan fingerprint density at radius 3 is 2.61 bits per heavy atom. The van der Waals surface area contributed by atoms with E-state index in [1.165, 1.54) is 12.4 Å². The summed E-state index contributed by atoms with van der Waals surface area (Å²) >= 11 is 12.3. The quantitative estimate of drug-likeness (QED) is 0.198. The third-order valence-electron chi connectivity index (χ3n) is 5.98. The molecule has 13 heteroatoms. The molecular weight excluding hydrogens is 535 g/mol. The van der Waals surface area contributed by atoms with Gasteiger partial charge in [-0.05, 0) is 24.5 Å². The number of halogens is 4. The van der Waals surface area contributed by atoms with E-state index in [9.17, 15) is 8.78 Å². The van der Waals surface area contributed by atoms with Crippen LogP contribution in [0.3, 0.4) is 0 Å². The Kier molecular flexibility index (Phi) is 7.40. The molecule has 2 N–H and O–H groups in total. The molecule has 0 saturated carbocycles. The van der Waals surface area contributed by atoms with Crippen molar-refractivity contribution in [2.75, 3.05) is 23.3 Å². The average molecular weight is 562 g/mol. The highest BCUT2D eigenvalue weighted by atomic mass is 35.5. The van der Waals surface area contributed by atoms with Crippen molar-refractivity contribution in [1.29, 1.82) is 0 Å². The van der Waals surface area contributed by atoms with Crippen LogP contribution >= 0.6 is 23.2 Å². The number of nitrogens with one attached hydrogen (secondary N) is 2. The van der Waals surface area contributed by atoms with E-state index < -0.39 is 6.55 Å². The van der Waals surface area contributed by atoms with Gasteiger partial charge in [0.2, 0.25) is 0 Å². The van der Waals surface area contributed by atoms with E-state index >= 15 is 0 Å². The van der Waals surface area contributed by atoms with Crippen LogP contribution in [0.2, 0.25) is 10.0 Å². The second-order valence-corrected chi connectivity index (χ2v) is 10.2. The van der Waals surface area contributed by atoms with Crippen LogP contribution in [0.15, 0.2) is 36.9 Å². The van der Waals surface area contributed by atoms with Crippen LogP contribution in [0.1, 0.15) is 39.6 Å². The van der Waals surface area contributed by atoms with Gasteiger partial charge in [-0.2, -0.15) is 13.9 Å². The van der Waals surface area contributed by atoms with Crippen LogP contribution in [-0.4, -0.2) is 47.2 Å². The number of hydrogen-bond donors (Lipinski definition) is 2. The van der Waals surface area contributed by atoms with E-state index in [1.807, 2.05) is 10.6 Å². The summed E-state index contributed by atoms with van der Waals surface area (Å²) in [4.78, 5) is 19.5. The van der Waals surface area contributed by atoms with Gasteiger partial charge >= 0.3 is 6.55 Å². The summed E-state index contributed by atoms with van der Waals surface area (Å²) in [6.45, 7) is 5.66. The van der Waals surface area contributed by atoms with Crippen LogP contribution in [-0.2, 0) is 6.54 Å². The maximum absolute atomic E-state index is 13.2. The smallest absolute Gasteiger partial charge is 0.333 e. The first-order chi connectivity index (χ1) is 18.2. The molecule has 200 valence electrons. The summed E-state index contributed by atoms with van der Waals surface area (Å²) in [5.41, 5.74) is 3.18. The fourth-order valence-electron chi connectivity index (χ4n) is 4.36. The number of H-pyrrole nitrogens is 1. The van der Waals surface area contributed by atoms with E-state index in [1.54, 1.807) is 18.3 Å². The van der Waals surface area contributed by atoms with Gasteiger partial charge < -0.3 is 15.2 Å². The maximum atomic E-state index is 13.2. The highest BCUT2D eigenvalue weighted by molar-refractivity contribution is 6.42. The molecule has 0 atom stereocenters. The second kappa shape index (κ2) is 10.7. The summed E-state index contributed by atoms with van der Waals surface area (Å²) in [5.74, 6) is 2.37. The molecule has 0 spiro atoms. The zero-order valence-corrected chi connectivity index (χ0v) is 22.6. The minimum absolute atomic E-state index is 0.333. The third-order valence-corrected chi connectivity index (χ3v) is 6.70. The molecule has 0 amide bonds. The van der Waals surface area contributed by atoms with Crippen molar-refractivity contribution < 1.29 is 8.78 Å². The van der Waals surface area contributed by atoms with Crippen molar-refractivity contribution in [2.24, 2.45) is 5.92 Å². The van der Waals surface area contributed by atoms with Crippen LogP contribution in [0.4, 0.5) is 20.4 Å². The number of hydrogen-bond acceptors (Lipinski definition) is 6. The van der Waals surface area contributed by atoms with E-state index in [4.69, 9.17) is 28.2 Å². The number of benzene rings is 1. The highest BCUT2D eigenvalue weighted by Crippen LogP contribution is 2.29. The minimum atomic E-state index is -2.72. The Labute approximate surface area is 227 Å². The maximum Gasteiger partial charge on any atom is 0.333 e. The molecule has 9 nitrogen and oxygen atoms in total. The number of fused-ring (bicyclic) bond motifs is 2. The molecule has 0 fully saturated rings. The Hall–Kier alpha value is -3.44. The normalized spacial score (nSPS) is 11.9. The van der Waals surface area contributed by atoms with Gasteiger partial charge in [-0.1, -0.05) is 44.0 Å². The lowest BCUT2D eigenvalue weighted by atomic mass is 10.2. The SMILES string of the molecule is CCCN(CC(C)C)c1cn2c(-c3cnn(C(F)F)c3)cnc2c(NCc2nc3cc(Cl)c(Cl)cc3[nH]2)n1. The van der Waals surface area contributed by atoms with Gasteiger partial charge in [0.05, 0.1) is 51.9 Å². The monoisotopic (exact) mass is 561 g/mol. The van der Waals surface area contributed by atoms with Crippen molar-refractivity contribution >= 4 is 51.5 Å². The van der Waals surface area contributed by atoms with Crippen LogP contribution in [0.25, 0.3) is 27.9 Å². The number of aromatic amines is 1. The number of aromatic nitrogens is 7. The first-order valence-corrected chi connectivity index (χ1v) is 13.0. The van der Waals surface area contributed by atoms with Gasteiger partial charge in [-0.25, -0.2) is 19.6 Å². The molecule has 0 aliphatic rings. The molecule has 1 aromatic carbocycles. The fraction of sp³-hybridized carbons (Fsp3) is 0.360. The minimum Gasteiger partial charge on any atom is -0.360 e. The van der Waals surface area contributed by atoms with Gasteiger partial charge in [-0.15, -0.1) is 0 Å². The summed E-state index contributed by atoms with van der Waals surface area (Å²) in [6, 6.07) is 3.45. The van der Waals surface area contributed by atoms with Gasteiger partial charge in [0.25, 0.3) is 0 Å². The summed E-state index contributed by atoms with van der Waals surface area (Å²) < 4.78 is 28.9. The van der Waals surface area contributed by atoms with Crippen molar-refractivity contribution in [3.05, 3.63) is 52.8 Å². The fourth-order valence-corrected chi connectivity index (χ4v) is 4.68. The van der Waals surface area contributed by atoms with Gasteiger partial charge in [0.15, 0.2) is 11.5 Å². The Morgan fingerprint density at radius 2 is 1.89 bits per heavy atom. The molecule has 0 saturated heterocycles. The number of alkyl halides is 2. The first kappa shape index (κ1) is 26.2. The molecule has 0 bridgehead atoms. The van der Waals surface area contributed by atoms with E-state index in [-0.39, 0.29) is 0 Å². The van der Waals surface area contributed by atoms with Crippen LogP contribution in [0, 0.1) is 5.92 Å². The lowest BCUT2D eigenvalue weighted by molar-refractivity contribution is 0.0566. The zero-order chi connectivity index (χ0) is 27.0. The number of rotatable bonds is 10. The molecular formula is C25H27Cl2F2N9. The molecule has 0 aliphatic carbocycles. The summed E-state index contributed by atoms with van der Waals surface area (Å²) in [7, 11) is 0. The molecule has 0 aliphatic heterocycles. The predicted molar refractivity (Wildman–Crippen MR) is 146 cm³/mol. The first-order valence-electron chi connectivity index (χ1n) is 12.3. The third kappa shape index (κ3) is 5.25. The topological polar surface area (TPSA) is 92.0 Å². The number of nitrogens with zero attached hydrogens (tertiary/aromatic N) is 7. The average Bonchev–Trinajstić information content (AvgIpc) is 3.60. The molecule has 4 aromatic heterocycles.